The van der Waals surface area contributed by atoms with Gasteiger partial charge in [-0.25, -0.2) is 9.55 Å². The molecule has 0 saturated carbocycles. The molecule has 1 saturated heterocycles. The van der Waals surface area contributed by atoms with E-state index in [2.05, 4.69) is 9.97 Å². The van der Waals surface area contributed by atoms with Gasteiger partial charge in [0, 0.05) is 16.8 Å². The fourth-order valence-corrected chi connectivity index (χ4v) is 3.71. The highest BCUT2D eigenvalue weighted by molar-refractivity contribution is 6.30. The van der Waals surface area contributed by atoms with Crippen LogP contribution in [0.5, 0.6) is 11.6 Å². The first-order chi connectivity index (χ1) is 14.4. The highest BCUT2D eigenvalue weighted by Crippen LogP contribution is 2.32. The van der Waals surface area contributed by atoms with E-state index < -0.39 is 24.3 Å². The second kappa shape index (κ2) is 8.23. The van der Waals surface area contributed by atoms with Crippen LogP contribution in [0.25, 0.3) is 11.2 Å². The van der Waals surface area contributed by atoms with E-state index in [9.17, 15) is 15.3 Å². The lowest BCUT2D eigenvalue weighted by atomic mass is 10.0. The van der Waals surface area contributed by atoms with Crippen LogP contribution in [-0.2, 0) is 11.3 Å². The van der Waals surface area contributed by atoms with Crippen LogP contribution in [0.15, 0.2) is 30.6 Å². The Morgan fingerprint density at radius 1 is 1.33 bits per heavy atom. The summed E-state index contributed by atoms with van der Waals surface area (Å²) in [6, 6.07) is 6.94. The van der Waals surface area contributed by atoms with Crippen molar-refractivity contribution in [3.05, 3.63) is 35.6 Å². The summed E-state index contributed by atoms with van der Waals surface area (Å²) in [6.07, 6.45) is -0.643. The number of aromatic nitrogens is 4. The number of nitrogens with zero attached hydrogens (tertiary/aromatic N) is 4. The molecule has 0 amide bonds. The van der Waals surface area contributed by atoms with Crippen LogP contribution in [0.4, 0.5) is 5.95 Å². The summed E-state index contributed by atoms with van der Waals surface area (Å²) in [5.41, 5.74) is 6.15. The molecular weight excluding hydrogens is 414 g/mol. The third kappa shape index (κ3) is 3.74. The number of imidazole rings is 1. The smallest absolute Gasteiger partial charge is 0.309 e. The first-order valence-electron chi connectivity index (χ1n) is 9.46. The Kier molecular flexibility index (Phi) is 5.65. The normalized spacial score (nSPS) is 23.9. The molecule has 30 heavy (non-hydrogen) atoms. The SMILES string of the molecule is C[C@H]1[C@@H](O)[C@H]([n+]2cn(CCOc3ccc(Cl)cc3)c3c([O-])nc(N)nc32)O[C@@H]1CO. The molecule has 0 bridgehead atoms. The van der Waals surface area contributed by atoms with Crippen LogP contribution < -0.4 is 20.1 Å². The maximum Gasteiger partial charge on any atom is 0.309 e. The van der Waals surface area contributed by atoms with Crippen molar-refractivity contribution in [2.24, 2.45) is 5.92 Å². The summed E-state index contributed by atoms with van der Waals surface area (Å²) in [5.74, 6) is -0.372. The highest BCUT2D eigenvalue weighted by Gasteiger charge is 2.45. The van der Waals surface area contributed by atoms with Gasteiger partial charge in [0.1, 0.15) is 25.0 Å². The van der Waals surface area contributed by atoms with E-state index in [1.807, 2.05) is 0 Å². The number of aliphatic hydroxyl groups is 2. The maximum absolute atomic E-state index is 12.5. The minimum Gasteiger partial charge on any atom is -0.856 e. The lowest BCUT2D eigenvalue weighted by Gasteiger charge is -2.13. The van der Waals surface area contributed by atoms with Crippen LogP contribution in [0, 0.1) is 5.92 Å². The van der Waals surface area contributed by atoms with Gasteiger partial charge in [-0.05, 0) is 24.3 Å². The van der Waals surface area contributed by atoms with Crippen LogP contribution in [-0.4, -0.2) is 50.2 Å². The van der Waals surface area contributed by atoms with Crippen molar-refractivity contribution in [1.82, 2.24) is 14.5 Å². The monoisotopic (exact) mass is 435 g/mol. The van der Waals surface area contributed by atoms with E-state index in [0.717, 1.165) is 0 Å². The van der Waals surface area contributed by atoms with Gasteiger partial charge in [0.05, 0.1) is 12.7 Å². The summed E-state index contributed by atoms with van der Waals surface area (Å²) < 4.78 is 14.7. The van der Waals surface area contributed by atoms with Gasteiger partial charge in [0.2, 0.25) is 6.23 Å². The molecule has 3 heterocycles. The Morgan fingerprint density at radius 2 is 2.07 bits per heavy atom. The van der Waals surface area contributed by atoms with E-state index in [4.69, 9.17) is 26.8 Å². The molecule has 1 aliphatic rings. The van der Waals surface area contributed by atoms with Crippen molar-refractivity contribution in [3.8, 4) is 11.6 Å². The Hall–Kier alpha value is -2.66. The van der Waals surface area contributed by atoms with Crippen molar-refractivity contribution >= 4 is 28.7 Å². The molecule has 3 aromatic rings. The van der Waals surface area contributed by atoms with Gasteiger partial charge in [0.25, 0.3) is 5.95 Å². The number of aliphatic hydroxyl groups excluding tert-OH is 2. The van der Waals surface area contributed by atoms with E-state index in [1.54, 1.807) is 46.7 Å². The molecule has 160 valence electrons. The number of hydrogen-bond donors (Lipinski definition) is 3. The zero-order valence-electron chi connectivity index (χ0n) is 16.2. The zero-order valence-corrected chi connectivity index (χ0v) is 16.9. The molecule has 4 atom stereocenters. The molecule has 10 nitrogen and oxygen atoms in total. The average Bonchev–Trinajstić information content (AvgIpc) is 3.21. The zero-order chi connectivity index (χ0) is 21.4. The first-order valence-corrected chi connectivity index (χ1v) is 9.84. The predicted molar refractivity (Wildman–Crippen MR) is 105 cm³/mol. The van der Waals surface area contributed by atoms with Gasteiger partial charge in [0.15, 0.2) is 11.8 Å². The van der Waals surface area contributed by atoms with E-state index in [1.165, 1.54) is 0 Å². The number of benzene rings is 1. The number of anilines is 1. The van der Waals surface area contributed by atoms with E-state index >= 15 is 0 Å². The van der Waals surface area contributed by atoms with E-state index in [-0.39, 0.29) is 36.2 Å². The molecular formula is C19H22ClN5O5. The van der Waals surface area contributed by atoms with Crippen molar-refractivity contribution in [2.75, 3.05) is 18.9 Å². The number of hydrogen-bond acceptors (Lipinski definition) is 8. The fourth-order valence-electron chi connectivity index (χ4n) is 3.58. The lowest BCUT2D eigenvalue weighted by Crippen LogP contribution is -2.45. The number of fused-ring (bicyclic) bond motifs is 1. The molecule has 1 aromatic carbocycles. The summed E-state index contributed by atoms with van der Waals surface area (Å²) >= 11 is 5.88. The van der Waals surface area contributed by atoms with Gasteiger partial charge >= 0.3 is 5.65 Å². The minimum atomic E-state index is -0.900. The average molecular weight is 436 g/mol. The Bertz CT molecular complexity index is 1040. The van der Waals surface area contributed by atoms with Gasteiger partial charge in [-0.15, -0.1) is 0 Å². The van der Waals surface area contributed by atoms with E-state index in [0.29, 0.717) is 17.3 Å². The van der Waals surface area contributed by atoms with Crippen LogP contribution in [0.1, 0.15) is 13.2 Å². The maximum atomic E-state index is 12.5. The number of rotatable bonds is 6. The summed E-state index contributed by atoms with van der Waals surface area (Å²) in [7, 11) is 0. The third-order valence-corrected chi connectivity index (χ3v) is 5.50. The second-order valence-corrected chi connectivity index (χ2v) is 7.61. The third-order valence-electron chi connectivity index (χ3n) is 5.25. The molecule has 0 aliphatic carbocycles. The van der Waals surface area contributed by atoms with Gasteiger partial charge in [-0.3, -0.25) is 4.57 Å². The highest BCUT2D eigenvalue weighted by atomic mass is 35.5. The van der Waals surface area contributed by atoms with Gasteiger partial charge < -0.3 is 30.5 Å². The number of nitrogen functional groups attached to an aromatic ring is 1. The predicted octanol–water partition coefficient (Wildman–Crippen LogP) is -0.00630. The molecule has 4 N–H and O–H groups in total. The molecule has 11 heteroatoms. The fraction of sp³-hybridized carbons (Fsp3) is 0.421. The molecule has 0 spiro atoms. The molecule has 0 radical (unpaired) electrons. The second-order valence-electron chi connectivity index (χ2n) is 7.18. The summed E-state index contributed by atoms with van der Waals surface area (Å²) in [4.78, 5) is 7.91. The van der Waals surface area contributed by atoms with Crippen LogP contribution in [0.3, 0.4) is 0 Å². The number of ether oxygens (including phenoxy) is 2. The van der Waals surface area contributed by atoms with Crippen LogP contribution >= 0.6 is 11.6 Å². The quantitative estimate of drug-likeness (QED) is 0.459. The first kappa shape index (κ1) is 20.6. The Balaban J connectivity index is 1.64. The number of halogens is 1. The van der Waals surface area contributed by atoms with Crippen molar-refractivity contribution < 1.29 is 29.4 Å². The van der Waals surface area contributed by atoms with Crippen molar-refractivity contribution in [2.45, 2.75) is 31.9 Å². The lowest BCUT2D eigenvalue weighted by molar-refractivity contribution is -0.746. The molecule has 1 fully saturated rings. The van der Waals surface area contributed by atoms with Crippen molar-refractivity contribution in [1.29, 1.82) is 0 Å². The summed E-state index contributed by atoms with van der Waals surface area (Å²) in [5, 5.41) is 33.2. The largest absolute Gasteiger partial charge is 0.856 e. The van der Waals surface area contributed by atoms with Crippen LogP contribution in [0.2, 0.25) is 5.02 Å². The molecule has 2 aromatic heterocycles. The van der Waals surface area contributed by atoms with Gasteiger partial charge in [-0.2, -0.15) is 0 Å². The topological polar surface area (TPSA) is 143 Å². The van der Waals surface area contributed by atoms with Crippen molar-refractivity contribution in [3.63, 3.8) is 0 Å². The Labute approximate surface area is 177 Å². The standard InChI is InChI=1S/C19H22ClN5O5/c1-10-13(8-26)30-18(15(10)27)25-9-24(14-16(25)22-19(21)23-17(14)28)6-7-29-12-4-2-11(20)3-5-12/h2-5,9-10,13,15,18,26-27H,6-8H2,1H3,(H2-,21,22,23,28)/t10-,13-,15-,18-/m1/s1. The number of nitrogens with two attached hydrogens (primary N) is 1. The Morgan fingerprint density at radius 3 is 2.73 bits per heavy atom. The molecule has 4 rings (SSSR count). The molecule has 1 aliphatic heterocycles. The minimum absolute atomic E-state index is 0.171. The molecule has 0 unspecified atom stereocenters. The van der Waals surface area contributed by atoms with Gasteiger partial charge in [-0.1, -0.05) is 23.5 Å². The summed E-state index contributed by atoms with van der Waals surface area (Å²) in [6.45, 7) is 2.13.